The van der Waals surface area contributed by atoms with Crippen molar-refractivity contribution in [2.24, 2.45) is 0 Å². The third kappa shape index (κ3) is 3.85. The average Bonchev–Trinajstić information content (AvgIpc) is 2.90. The Balaban J connectivity index is 2.03. The molecule has 2 aromatic heterocycles. The van der Waals surface area contributed by atoms with Crippen molar-refractivity contribution in [1.29, 1.82) is 0 Å². The summed E-state index contributed by atoms with van der Waals surface area (Å²) < 4.78 is 0. The molecule has 0 aliphatic heterocycles. The van der Waals surface area contributed by atoms with Crippen LogP contribution in [0.4, 0.5) is 5.69 Å². The third-order valence-electron chi connectivity index (χ3n) is 2.67. The van der Waals surface area contributed by atoms with E-state index in [2.05, 4.69) is 25.5 Å². The number of pyridine rings is 1. The first-order valence-corrected chi connectivity index (χ1v) is 6.36. The summed E-state index contributed by atoms with van der Waals surface area (Å²) in [6, 6.07) is 3.13. The molecule has 3 N–H and O–H groups in total. The average molecular weight is 289 g/mol. The molecule has 2 aromatic rings. The minimum absolute atomic E-state index is 0.0494. The molecule has 0 aliphatic carbocycles. The van der Waals surface area contributed by atoms with E-state index in [4.69, 9.17) is 5.11 Å². The van der Waals surface area contributed by atoms with Crippen molar-refractivity contribution in [2.75, 3.05) is 5.32 Å². The molecule has 2 rings (SSSR count). The first kappa shape index (κ1) is 14.6. The van der Waals surface area contributed by atoms with Gasteiger partial charge in [0.15, 0.2) is 0 Å². The maximum Gasteiger partial charge on any atom is 0.309 e. The highest BCUT2D eigenvalue weighted by Gasteiger charge is 2.14. The van der Waals surface area contributed by atoms with Crippen LogP contribution in [0.15, 0.2) is 18.3 Å². The van der Waals surface area contributed by atoms with Crippen LogP contribution in [-0.2, 0) is 11.2 Å². The molecule has 0 saturated carbocycles. The molecule has 0 spiro atoms. The lowest BCUT2D eigenvalue weighted by Gasteiger charge is -2.03. The quantitative estimate of drug-likeness (QED) is 0.760. The number of hydrogen-bond donors (Lipinski definition) is 3. The summed E-state index contributed by atoms with van der Waals surface area (Å²) in [5.41, 5.74) is 0.866. The van der Waals surface area contributed by atoms with Gasteiger partial charge in [0, 0.05) is 5.92 Å². The number of carbonyl (C=O) groups is 2. The number of anilines is 1. The van der Waals surface area contributed by atoms with E-state index in [-0.39, 0.29) is 18.2 Å². The smallest absolute Gasteiger partial charge is 0.309 e. The Bertz CT molecular complexity index is 648. The van der Waals surface area contributed by atoms with Gasteiger partial charge in [0.1, 0.15) is 5.82 Å². The minimum atomic E-state index is -0.957. The van der Waals surface area contributed by atoms with Crippen molar-refractivity contribution >= 4 is 17.6 Å². The molecule has 8 heteroatoms. The molecule has 0 bridgehead atoms. The number of aliphatic carboxylic acids is 1. The SMILES string of the molecule is CC(C)c1nc(C(=O)Nc2ccc(CC(=O)O)nc2)n[nH]1. The van der Waals surface area contributed by atoms with Crippen molar-refractivity contribution in [3.63, 3.8) is 0 Å². The Morgan fingerprint density at radius 2 is 2.14 bits per heavy atom. The van der Waals surface area contributed by atoms with Crippen LogP contribution in [0.25, 0.3) is 0 Å². The number of nitrogens with one attached hydrogen (secondary N) is 2. The van der Waals surface area contributed by atoms with Gasteiger partial charge < -0.3 is 10.4 Å². The van der Waals surface area contributed by atoms with E-state index >= 15 is 0 Å². The van der Waals surface area contributed by atoms with E-state index in [9.17, 15) is 9.59 Å². The van der Waals surface area contributed by atoms with Gasteiger partial charge in [0.05, 0.1) is 24.0 Å². The molecule has 0 saturated heterocycles. The van der Waals surface area contributed by atoms with Crippen molar-refractivity contribution < 1.29 is 14.7 Å². The van der Waals surface area contributed by atoms with Crippen molar-refractivity contribution in [3.8, 4) is 0 Å². The number of aromatic amines is 1. The predicted octanol–water partition coefficient (Wildman–Crippen LogP) is 1.20. The van der Waals surface area contributed by atoms with E-state index in [1.165, 1.54) is 6.20 Å². The van der Waals surface area contributed by atoms with Crippen LogP contribution in [0.3, 0.4) is 0 Å². The zero-order valence-electron chi connectivity index (χ0n) is 11.6. The lowest BCUT2D eigenvalue weighted by molar-refractivity contribution is -0.136. The topological polar surface area (TPSA) is 121 Å². The second-order valence-electron chi connectivity index (χ2n) is 4.76. The summed E-state index contributed by atoms with van der Waals surface area (Å²) in [7, 11) is 0. The van der Waals surface area contributed by atoms with Crippen LogP contribution < -0.4 is 5.32 Å². The predicted molar refractivity (Wildman–Crippen MR) is 74.0 cm³/mol. The summed E-state index contributed by atoms with van der Waals surface area (Å²) in [5, 5.41) is 17.8. The standard InChI is InChI=1S/C13H15N5O3/c1-7(2)11-16-12(18-17-11)13(21)15-9-4-3-8(14-6-9)5-10(19)20/h3-4,6-7H,5H2,1-2H3,(H,15,21)(H,19,20)(H,16,17,18). The number of hydrogen-bond acceptors (Lipinski definition) is 5. The fourth-order valence-corrected chi connectivity index (χ4v) is 1.58. The highest BCUT2D eigenvalue weighted by Crippen LogP contribution is 2.10. The zero-order valence-corrected chi connectivity index (χ0v) is 11.6. The molecule has 0 unspecified atom stereocenters. The normalized spacial score (nSPS) is 10.6. The zero-order chi connectivity index (χ0) is 15.4. The number of carboxylic acids is 1. The molecular weight excluding hydrogens is 274 g/mol. The molecule has 8 nitrogen and oxygen atoms in total. The molecule has 0 radical (unpaired) electrons. The van der Waals surface area contributed by atoms with Crippen molar-refractivity contribution in [1.82, 2.24) is 20.2 Å². The molecule has 0 fully saturated rings. The maximum atomic E-state index is 11.9. The van der Waals surface area contributed by atoms with Gasteiger partial charge in [-0.05, 0) is 12.1 Å². The Morgan fingerprint density at radius 1 is 1.38 bits per heavy atom. The van der Waals surface area contributed by atoms with Crippen molar-refractivity contribution in [3.05, 3.63) is 35.7 Å². The van der Waals surface area contributed by atoms with Crippen LogP contribution in [0.5, 0.6) is 0 Å². The van der Waals surface area contributed by atoms with Gasteiger partial charge in [-0.25, -0.2) is 4.98 Å². The van der Waals surface area contributed by atoms with Gasteiger partial charge in [-0.2, -0.15) is 0 Å². The molecule has 110 valence electrons. The molecule has 0 aliphatic rings. The number of carboxylic acid groups (broad SMARTS) is 1. The molecule has 2 heterocycles. The highest BCUT2D eigenvalue weighted by atomic mass is 16.4. The van der Waals surface area contributed by atoms with Crippen LogP contribution >= 0.6 is 0 Å². The van der Waals surface area contributed by atoms with E-state index in [1.807, 2.05) is 13.8 Å². The van der Waals surface area contributed by atoms with Crippen LogP contribution in [-0.4, -0.2) is 37.1 Å². The fraction of sp³-hybridized carbons (Fsp3) is 0.308. The third-order valence-corrected chi connectivity index (χ3v) is 2.67. The minimum Gasteiger partial charge on any atom is -0.481 e. The highest BCUT2D eigenvalue weighted by molar-refractivity contribution is 6.01. The maximum absolute atomic E-state index is 11.9. The lowest BCUT2D eigenvalue weighted by atomic mass is 10.2. The lowest BCUT2D eigenvalue weighted by Crippen LogP contribution is -2.14. The number of amides is 1. The number of rotatable bonds is 5. The van der Waals surface area contributed by atoms with Gasteiger partial charge in [0.25, 0.3) is 5.91 Å². The van der Waals surface area contributed by atoms with Crippen LogP contribution in [0.1, 0.15) is 41.9 Å². The Morgan fingerprint density at radius 3 is 2.67 bits per heavy atom. The first-order chi connectivity index (χ1) is 9.95. The number of H-pyrrole nitrogens is 1. The Labute approximate surface area is 120 Å². The summed E-state index contributed by atoms with van der Waals surface area (Å²) in [4.78, 5) is 30.5. The molecule has 0 atom stereocenters. The second kappa shape index (κ2) is 6.12. The van der Waals surface area contributed by atoms with E-state index < -0.39 is 11.9 Å². The van der Waals surface area contributed by atoms with Crippen LogP contribution in [0, 0.1) is 0 Å². The molecule has 0 aromatic carbocycles. The first-order valence-electron chi connectivity index (χ1n) is 6.36. The summed E-state index contributed by atoms with van der Waals surface area (Å²) in [5.74, 6) is -0.577. The van der Waals surface area contributed by atoms with E-state index in [0.29, 0.717) is 17.2 Å². The number of aromatic nitrogens is 4. The van der Waals surface area contributed by atoms with Crippen LogP contribution in [0.2, 0.25) is 0 Å². The molecule has 1 amide bonds. The monoisotopic (exact) mass is 289 g/mol. The summed E-state index contributed by atoms with van der Waals surface area (Å²) in [6.07, 6.45) is 1.24. The largest absolute Gasteiger partial charge is 0.481 e. The van der Waals surface area contributed by atoms with Gasteiger partial charge in [-0.15, -0.1) is 5.10 Å². The Kier molecular flexibility index (Phi) is 4.27. The summed E-state index contributed by atoms with van der Waals surface area (Å²) >= 11 is 0. The fourth-order valence-electron chi connectivity index (χ4n) is 1.58. The van der Waals surface area contributed by atoms with Gasteiger partial charge in [-0.3, -0.25) is 19.7 Å². The second-order valence-corrected chi connectivity index (χ2v) is 4.76. The summed E-state index contributed by atoms with van der Waals surface area (Å²) in [6.45, 7) is 3.88. The van der Waals surface area contributed by atoms with Gasteiger partial charge in [0.2, 0.25) is 5.82 Å². The Hall–Kier alpha value is -2.77. The number of carbonyl (C=O) groups excluding carboxylic acids is 1. The molecule has 21 heavy (non-hydrogen) atoms. The van der Waals surface area contributed by atoms with Gasteiger partial charge in [-0.1, -0.05) is 13.8 Å². The number of nitrogens with zero attached hydrogens (tertiary/aromatic N) is 3. The van der Waals surface area contributed by atoms with E-state index in [0.717, 1.165) is 0 Å². The van der Waals surface area contributed by atoms with E-state index in [1.54, 1.807) is 12.1 Å². The van der Waals surface area contributed by atoms with Gasteiger partial charge >= 0.3 is 5.97 Å². The molecular formula is C13H15N5O3. The van der Waals surface area contributed by atoms with Crippen molar-refractivity contribution in [2.45, 2.75) is 26.2 Å².